The molecule has 0 unspecified atom stereocenters. The Morgan fingerprint density at radius 1 is 1.44 bits per heavy atom. The standard InChI is InChI=1S/C11H15IN2O2/c1-2-3-4-5-8-6-9(12)11(13)10(7-8)14(15)16/h6-7H,2-5,13H2,1H3. The van der Waals surface area contributed by atoms with E-state index in [0.29, 0.717) is 0 Å². The van der Waals surface area contributed by atoms with Gasteiger partial charge in [0, 0.05) is 9.64 Å². The molecule has 0 aliphatic rings. The summed E-state index contributed by atoms with van der Waals surface area (Å²) in [5, 5.41) is 10.8. The third kappa shape index (κ3) is 3.33. The molecule has 0 saturated heterocycles. The van der Waals surface area contributed by atoms with Crippen molar-refractivity contribution in [2.75, 3.05) is 5.73 Å². The van der Waals surface area contributed by atoms with E-state index in [1.54, 1.807) is 6.07 Å². The number of benzene rings is 1. The first-order valence-electron chi connectivity index (χ1n) is 5.28. The normalized spacial score (nSPS) is 10.4. The average Bonchev–Trinajstić information content (AvgIpc) is 2.23. The van der Waals surface area contributed by atoms with Gasteiger partial charge in [-0.25, -0.2) is 0 Å². The highest BCUT2D eigenvalue weighted by Gasteiger charge is 2.15. The van der Waals surface area contributed by atoms with Crippen molar-refractivity contribution in [3.05, 3.63) is 31.4 Å². The number of halogens is 1. The van der Waals surface area contributed by atoms with Gasteiger partial charge in [0.15, 0.2) is 0 Å². The van der Waals surface area contributed by atoms with Crippen molar-refractivity contribution in [3.8, 4) is 0 Å². The maximum Gasteiger partial charge on any atom is 0.293 e. The van der Waals surface area contributed by atoms with E-state index in [1.807, 2.05) is 28.7 Å². The minimum atomic E-state index is -0.416. The van der Waals surface area contributed by atoms with E-state index in [4.69, 9.17) is 5.73 Å². The van der Waals surface area contributed by atoms with Gasteiger partial charge in [-0.2, -0.15) is 0 Å². The molecule has 0 radical (unpaired) electrons. The molecule has 2 N–H and O–H groups in total. The number of nitro benzene ring substituents is 1. The minimum absolute atomic E-state index is 0.0263. The molecule has 0 aromatic heterocycles. The van der Waals surface area contributed by atoms with E-state index in [1.165, 1.54) is 0 Å². The van der Waals surface area contributed by atoms with E-state index in [-0.39, 0.29) is 11.4 Å². The molecule has 0 amide bonds. The number of nitro groups is 1. The van der Waals surface area contributed by atoms with Crippen molar-refractivity contribution in [2.45, 2.75) is 32.6 Å². The Balaban J connectivity index is 2.91. The van der Waals surface area contributed by atoms with Gasteiger partial charge in [0.25, 0.3) is 5.69 Å². The van der Waals surface area contributed by atoms with Crippen LogP contribution in [0.2, 0.25) is 0 Å². The highest BCUT2D eigenvalue weighted by Crippen LogP contribution is 2.28. The Morgan fingerprint density at radius 3 is 2.69 bits per heavy atom. The van der Waals surface area contributed by atoms with Gasteiger partial charge in [-0.15, -0.1) is 0 Å². The van der Waals surface area contributed by atoms with Crippen LogP contribution in [0.1, 0.15) is 31.7 Å². The lowest BCUT2D eigenvalue weighted by molar-refractivity contribution is -0.384. The quantitative estimate of drug-likeness (QED) is 0.294. The topological polar surface area (TPSA) is 69.2 Å². The lowest BCUT2D eigenvalue weighted by atomic mass is 10.1. The summed E-state index contributed by atoms with van der Waals surface area (Å²) in [6, 6.07) is 3.52. The first-order valence-corrected chi connectivity index (χ1v) is 6.36. The highest BCUT2D eigenvalue weighted by atomic mass is 127. The molecule has 16 heavy (non-hydrogen) atoms. The second-order valence-corrected chi connectivity index (χ2v) is 4.89. The Hall–Kier alpha value is -0.850. The summed E-state index contributed by atoms with van der Waals surface area (Å²) in [4.78, 5) is 10.4. The first kappa shape index (κ1) is 13.2. The number of nitrogens with zero attached hydrogens (tertiary/aromatic N) is 1. The highest BCUT2D eigenvalue weighted by molar-refractivity contribution is 14.1. The van der Waals surface area contributed by atoms with Crippen LogP contribution in [0, 0.1) is 13.7 Å². The number of anilines is 1. The molecule has 0 fully saturated rings. The molecule has 1 aromatic carbocycles. The number of hydrogen-bond acceptors (Lipinski definition) is 3. The van der Waals surface area contributed by atoms with Crippen LogP contribution < -0.4 is 5.73 Å². The summed E-state index contributed by atoms with van der Waals surface area (Å²) >= 11 is 2.04. The Kier molecular flexibility index (Phi) is 4.98. The zero-order valence-electron chi connectivity index (χ0n) is 9.20. The molecule has 0 heterocycles. The van der Waals surface area contributed by atoms with Crippen molar-refractivity contribution in [2.24, 2.45) is 0 Å². The van der Waals surface area contributed by atoms with E-state index in [0.717, 1.165) is 34.8 Å². The number of nitrogen functional groups attached to an aromatic ring is 1. The van der Waals surface area contributed by atoms with Crippen LogP contribution in [0.4, 0.5) is 11.4 Å². The monoisotopic (exact) mass is 334 g/mol. The molecule has 0 bridgehead atoms. The third-order valence-electron chi connectivity index (χ3n) is 2.43. The predicted octanol–water partition coefficient (Wildman–Crippen LogP) is 3.51. The Bertz CT molecular complexity index is 394. The summed E-state index contributed by atoms with van der Waals surface area (Å²) in [6.07, 6.45) is 4.24. The molecule has 0 aliphatic carbocycles. The van der Waals surface area contributed by atoms with E-state index in [9.17, 15) is 10.1 Å². The molecule has 1 aromatic rings. The summed E-state index contributed by atoms with van der Waals surface area (Å²) in [5.41, 5.74) is 6.95. The largest absolute Gasteiger partial charge is 0.392 e. The van der Waals surface area contributed by atoms with Gasteiger partial charge in [-0.05, 0) is 47.1 Å². The SMILES string of the molecule is CCCCCc1cc(I)c(N)c([N+](=O)[O-])c1. The summed E-state index contributed by atoms with van der Waals surface area (Å²) < 4.78 is 0.762. The van der Waals surface area contributed by atoms with Crippen molar-refractivity contribution in [1.29, 1.82) is 0 Å². The lowest BCUT2D eigenvalue weighted by Crippen LogP contribution is -2.00. The van der Waals surface area contributed by atoms with Crippen LogP contribution in [0.15, 0.2) is 12.1 Å². The molecular weight excluding hydrogens is 319 g/mol. The second kappa shape index (κ2) is 6.03. The molecule has 0 saturated carbocycles. The number of aryl methyl sites for hydroxylation is 1. The van der Waals surface area contributed by atoms with Gasteiger partial charge in [0.2, 0.25) is 0 Å². The first-order chi connectivity index (χ1) is 7.56. The van der Waals surface area contributed by atoms with E-state index in [2.05, 4.69) is 6.92 Å². The predicted molar refractivity (Wildman–Crippen MR) is 73.5 cm³/mol. The maximum atomic E-state index is 10.8. The molecule has 4 nitrogen and oxygen atoms in total. The summed E-state index contributed by atoms with van der Waals surface area (Å²) in [6.45, 7) is 2.13. The fourth-order valence-corrected chi connectivity index (χ4v) is 2.21. The van der Waals surface area contributed by atoms with Crippen LogP contribution in [-0.4, -0.2) is 4.92 Å². The van der Waals surface area contributed by atoms with Crippen LogP contribution in [-0.2, 0) is 6.42 Å². The molecular formula is C11H15IN2O2. The molecule has 0 aliphatic heterocycles. The summed E-state index contributed by atoms with van der Waals surface area (Å²) in [5.74, 6) is 0. The van der Waals surface area contributed by atoms with Gasteiger partial charge >= 0.3 is 0 Å². The Labute approximate surface area is 109 Å². The molecule has 1 rings (SSSR count). The molecule has 88 valence electrons. The van der Waals surface area contributed by atoms with E-state index < -0.39 is 4.92 Å². The minimum Gasteiger partial charge on any atom is -0.392 e. The molecule has 0 spiro atoms. The fraction of sp³-hybridized carbons (Fsp3) is 0.455. The van der Waals surface area contributed by atoms with Crippen molar-refractivity contribution in [1.82, 2.24) is 0 Å². The fourth-order valence-electron chi connectivity index (χ4n) is 1.53. The van der Waals surface area contributed by atoms with Crippen LogP contribution in [0.25, 0.3) is 0 Å². The Morgan fingerprint density at radius 2 is 2.12 bits per heavy atom. The lowest BCUT2D eigenvalue weighted by Gasteiger charge is -2.05. The maximum absolute atomic E-state index is 10.8. The second-order valence-electron chi connectivity index (χ2n) is 3.72. The number of rotatable bonds is 5. The van der Waals surface area contributed by atoms with E-state index >= 15 is 0 Å². The van der Waals surface area contributed by atoms with Gasteiger partial charge < -0.3 is 5.73 Å². The van der Waals surface area contributed by atoms with Crippen molar-refractivity contribution in [3.63, 3.8) is 0 Å². The van der Waals surface area contributed by atoms with Crippen molar-refractivity contribution < 1.29 is 4.92 Å². The zero-order chi connectivity index (χ0) is 12.1. The third-order valence-corrected chi connectivity index (χ3v) is 3.33. The zero-order valence-corrected chi connectivity index (χ0v) is 11.4. The van der Waals surface area contributed by atoms with Gasteiger partial charge in [0.1, 0.15) is 5.69 Å². The number of nitrogens with two attached hydrogens (primary N) is 1. The van der Waals surface area contributed by atoms with Crippen LogP contribution >= 0.6 is 22.6 Å². The molecule has 5 heteroatoms. The van der Waals surface area contributed by atoms with Gasteiger partial charge in [-0.1, -0.05) is 19.8 Å². The number of hydrogen-bond donors (Lipinski definition) is 1. The van der Waals surface area contributed by atoms with Crippen molar-refractivity contribution >= 4 is 34.0 Å². The van der Waals surface area contributed by atoms with Crippen LogP contribution in [0.5, 0.6) is 0 Å². The van der Waals surface area contributed by atoms with Gasteiger partial charge in [0.05, 0.1) is 4.92 Å². The number of unbranched alkanes of at least 4 members (excludes halogenated alkanes) is 2. The van der Waals surface area contributed by atoms with Gasteiger partial charge in [-0.3, -0.25) is 10.1 Å². The smallest absolute Gasteiger partial charge is 0.293 e. The molecule has 0 atom stereocenters. The van der Waals surface area contributed by atoms with Crippen LogP contribution in [0.3, 0.4) is 0 Å². The average molecular weight is 334 g/mol. The summed E-state index contributed by atoms with van der Waals surface area (Å²) in [7, 11) is 0.